The first-order valence-electron chi connectivity index (χ1n) is 4.16. The summed E-state index contributed by atoms with van der Waals surface area (Å²) in [4.78, 5) is 24.0. The molecule has 0 aromatic heterocycles. The molecule has 76 valence electrons. The number of benzene rings is 1. The van der Waals surface area contributed by atoms with Crippen LogP contribution in [0.15, 0.2) is 29.3 Å². The van der Waals surface area contributed by atoms with E-state index in [4.69, 9.17) is 4.74 Å². The second kappa shape index (κ2) is 3.49. The van der Waals surface area contributed by atoms with Gasteiger partial charge in [0.05, 0.1) is 11.1 Å². The molecule has 0 bridgehead atoms. The highest BCUT2D eigenvalue weighted by molar-refractivity contribution is 5.88. The molecule has 1 heterocycles. The van der Waals surface area contributed by atoms with Gasteiger partial charge >= 0.3 is 6.09 Å². The Morgan fingerprint density at radius 1 is 1.33 bits per heavy atom. The number of cyclic esters (lactones) is 1. The van der Waals surface area contributed by atoms with Gasteiger partial charge in [0.2, 0.25) is 0 Å². The zero-order valence-electron chi connectivity index (χ0n) is 7.49. The van der Waals surface area contributed by atoms with E-state index < -0.39 is 17.1 Å². The molecule has 0 spiro atoms. The predicted octanol–water partition coefficient (Wildman–Crippen LogP) is 1.86. The van der Waals surface area contributed by atoms with Crippen LogP contribution in [0.5, 0.6) is 0 Å². The number of nitro benzene ring substituents is 1. The van der Waals surface area contributed by atoms with Gasteiger partial charge in [-0.05, 0) is 17.7 Å². The van der Waals surface area contributed by atoms with E-state index in [1.54, 1.807) is 0 Å². The first-order valence-corrected chi connectivity index (χ1v) is 4.16. The number of ether oxygens (including phenoxy) is 1. The average Bonchev–Trinajstić information content (AvgIpc) is 2.65. The van der Waals surface area contributed by atoms with Gasteiger partial charge in [-0.2, -0.15) is 4.99 Å². The summed E-state index contributed by atoms with van der Waals surface area (Å²) in [5.74, 6) is 0. The Kier molecular flexibility index (Phi) is 2.17. The second-order valence-corrected chi connectivity index (χ2v) is 2.93. The highest BCUT2D eigenvalue weighted by atomic mass is 16.6. The molecule has 0 aliphatic carbocycles. The summed E-state index contributed by atoms with van der Waals surface area (Å²) in [6.45, 7) is 0. The average molecular weight is 206 g/mol. The number of amides is 1. The van der Waals surface area contributed by atoms with Crippen molar-refractivity contribution in [2.45, 2.75) is 6.10 Å². The fourth-order valence-electron chi connectivity index (χ4n) is 1.24. The normalized spacial score (nSPS) is 18.9. The van der Waals surface area contributed by atoms with Crippen LogP contribution < -0.4 is 0 Å². The Morgan fingerprint density at radius 2 is 2.00 bits per heavy atom. The van der Waals surface area contributed by atoms with Gasteiger partial charge in [-0.15, -0.1) is 0 Å². The van der Waals surface area contributed by atoms with Crippen LogP contribution in [-0.2, 0) is 4.74 Å². The van der Waals surface area contributed by atoms with Crippen LogP contribution >= 0.6 is 0 Å². The number of carbonyl (C=O) groups is 1. The SMILES string of the molecule is O=C1N=CC(c2ccc([N+](=O)[O-])cc2)O1. The Labute approximate surface area is 84.3 Å². The lowest BCUT2D eigenvalue weighted by molar-refractivity contribution is -0.384. The van der Waals surface area contributed by atoms with E-state index in [2.05, 4.69) is 4.99 Å². The maximum atomic E-state index is 10.7. The van der Waals surface area contributed by atoms with Crippen LogP contribution in [-0.4, -0.2) is 17.2 Å². The molecular formula is C9H6N2O4. The summed E-state index contributed by atoms with van der Waals surface area (Å²) in [6, 6.07) is 5.78. The zero-order chi connectivity index (χ0) is 10.8. The van der Waals surface area contributed by atoms with E-state index in [9.17, 15) is 14.9 Å². The van der Waals surface area contributed by atoms with Gasteiger partial charge in [0.25, 0.3) is 5.69 Å². The third-order valence-corrected chi connectivity index (χ3v) is 1.98. The van der Waals surface area contributed by atoms with Crippen molar-refractivity contribution in [1.29, 1.82) is 0 Å². The largest absolute Gasteiger partial charge is 0.434 e. The van der Waals surface area contributed by atoms with E-state index in [1.165, 1.54) is 30.5 Å². The third kappa shape index (κ3) is 1.83. The lowest BCUT2D eigenvalue weighted by atomic mass is 10.1. The number of carbonyl (C=O) groups excluding carboxylic acids is 1. The number of hydrogen-bond donors (Lipinski definition) is 0. The minimum absolute atomic E-state index is 0.0000113. The molecule has 6 nitrogen and oxygen atoms in total. The van der Waals surface area contributed by atoms with Crippen LogP contribution in [0.3, 0.4) is 0 Å². The van der Waals surface area contributed by atoms with Gasteiger partial charge in [0, 0.05) is 12.1 Å². The van der Waals surface area contributed by atoms with E-state index in [1.807, 2.05) is 0 Å². The number of aliphatic imine (C=N–C) groups is 1. The Balaban J connectivity index is 2.21. The van der Waals surface area contributed by atoms with E-state index in [0.29, 0.717) is 5.56 Å². The van der Waals surface area contributed by atoms with Crippen molar-refractivity contribution in [3.63, 3.8) is 0 Å². The summed E-state index contributed by atoms with van der Waals surface area (Å²) in [5.41, 5.74) is 0.662. The minimum atomic E-state index is -0.640. The van der Waals surface area contributed by atoms with Crippen LogP contribution in [0.2, 0.25) is 0 Å². The quantitative estimate of drug-likeness (QED) is 0.546. The van der Waals surface area contributed by atoms with Crippen molar-refractivity contribution in [2.75, 3.05) is 0 Å². The van der Waals surface area contributed by atoms with Crippen molar-refractivity contribution in [2.24, 2.45) is 4.99 Å². The van der Waals surface area contributed by atoms with Crippen molar-refractivity contribution in [3.8, 4) is 0 Å². The highest BCUT2D eigenvalue weighted by Crippen LogP contribution is 2.22. The molecule has 6 heteroatoms. The van der Waals surface area contributed by atoms with Gasteiger partial charge in [0.1, 0.15) is 0 Å². The summed E-state index contributed by atoms with van der Waals surface area (Å²) in [5, 5.41) is 10.4. The summed E-state index contributed by atoms with van der Waals surface area (Å²) in [6.07, 6.45) is 0.195. The van der Waals surface area contributed by atoms with E-state index in [0.717, 1.165) is 0 Å². The molecule has 1 aromatic rings. The Morgan fingerprint density at radius 3 is 2.47 bits per heavy atom. The fourth-order valence-corrected chi connectivity index (χ4v) is 1.24. The van der Waals surface area contributed by atoms with Crippen molar-refractivity contribution in [3.05, 3.63) is 39.9 Å². The molecule has 0 N–H and O–H groups in total. The molecule has 0 radical (unpaired) electrons. The van der Waals surface area contributed by atoms with Crippen molar-refractivity contribution >= 4 is 18.0 Å². The molecular weight excluding hydrogens is 200 g/mol. The first-order chi connectivity index (χ1) is 7.16. The monoisotopic (exact) mass is 206 g/mol. The molecule has 15 heavy (non-hydrogen) atoms. The predicted molar refractivity (Wildman–Crippen MR) is 50.8 cm³/mol. The topological polar surface area (TPSA) is 81.8 Å². The fraction of sp³-hybridized carbons (Fsp3) is 0.111. The van der Waals surface area contributed by atoms with Gasteiger partial charge in [-0.3, -0.25) is 10.1 Å². The molecule has 1 atom stereocenters. The molecule has 0 saturated heterocycles. The number of nitrogens with zero attached hydrogens (tertiary/aromatic N) is 2. The van der Waals surface area contributed by atoms with Crippen molar-refractivity contribution < 1.29 is 14.5 Å². The van der Waals surface area contributed by atoms with Crippen LogP contribution in [0.1, 0.15) is 11.7 Å². The van der Waals surface area contributed by atoms with Gasteiger partial charge in [0.15, 0.2) is 6.10 Å². The molecule has 1 unspecified atom stereocenters. The molecule has 1 aliphatic rings. The summed E-state index contributed by atoms with van der Waals surface area (Å²) >= 11 is 0. The lowest BCUT2D eigenvalue weighted by Crippen LogP contribution is -2.01. The zero-order valence-corrected chi connectivity index (χ0v) is 7.49. The summed E-state index contributed by atoms with van der Waals surface area (Å²) < 4.78 is 4.82. The number of nitro groups is 1. The molecule has 0 fully saturated rings. The van der Waals surface area contributed by atoms with Gasteiger partial charge in [-0.25, -0.2) is 4.79 Å². The molecule has 1 amide bonds. The maximum absolute atomic E-state index is 10.7. The third-order valence-electron chi connectivity index (χ3n) is 1.98. The number of hydrogen-bond acceptors (Lipinski definition) is 4. The molecule has 0 saturated carbocycles. The van der Waals surface area contributed by atoms with Crippen LogP contribution in [0.25, 0.3) is 0 Å². The standard InChI is InChI=1S/C9H6N2O4/c12-9-10-5-8(15-9)6-1-3-7(4-2-6)11(13)14/h1-5,8H. The molecule has 1 aromatic carbocycles. The van der Waals surface area contributed by atoms with Gasteiger partial charge < -0.3 is 4.74 Å². The van der Waals surface area contributed by atoms with Crippen LogP contribution in [0.4, 0.5) is 10.5 Å². The lowest BCUT2D eigenvalue weighted by Gasteiger charge is -2.05. The molecule has 2 rings (SSSR count). The van der Waals surface area contributed by atoms with E-state index in [-0.39, 0.29) is 5.69 Å². The van der Waals surface area contributed by atoms with E-state index >= 15 is 0 Å². The smallest absolute Gasteiger partial charge is 0.434 e. The molecule has 1 aliphatic heterocycles. The Bertz CT molecular complexity index is 438. The second-order valence-electron chi connectivity index (χ2n) is 2.93. The summed E-state index contributed by atoms with van der Waals surface area (Å²) in [7, 11) is 0. The van der Waals surface area contributed by atoms with Gasteiger partial charge in [-0.1, -0.05) is 0 Å². The van der Waals surface area contributed by atoms with Crippen molar-refractivity contribution in [1.82, 2.24) is 0 Å². The number of non-ortho nitro benzene ring substituents is 1. The first kappa shape index (κ1) is 9.32. The number of rotatable bonds is 2. The Hall–Kier alpha value is -2.24. The minimum Gasteiger partial charge on any atom is -0.434 e. The highest BCUT2D eigenvalue weighted by Gasteiger charge is 2.20. The van der Waals surface area contributed by atoms with Crippen LogP contribution in [0, 0.1) is 10.1 Å². The maximum Gasteiger partial charge on any atom is 0.434 e.